The van der Waals surface area contributed by atoms with Crippen LogP contribution in [0.1, 0.15) is 37.8 Å². The van der Waals surface area contributed by atoms with Gasteiger partial charge in [-0.25, -0.2) is 13.6 Å². The molecule has 1 aromatic carbocycles. The van der Waals surface area contributed by atoms with E-state index in [2.05, 4.69) is 12.2 Å². The summed E-state index contributed by atoms with van der Waals surface area (Å²) >= 11 is 0. The first-order valence-corrected chi connectivity index (χ1v) is 8.99. The van der Waals surface area contributed by atoms with E-state index in [4.69, 9.17) is 9.88 Å². The Morgan fingerprint density at radius 3 is 2.71 bits per heavy atom. The lowest BCUT2D eigenvalue weighted by molar-refractivity contribution is 0.0654. The fraction of sp³-hybridized carbons (Fsp3) is 0.600. The van der Waals surface area contributed by atoms with Gasteiger partial charge < -0.3 is 10.1 Å². The van der Waals surface area contributed by atoms with E-state index in [1.54, 1.807) is 12.1 Å². The Labute approximate surface area is 126 Å². The highest BCUT2D eigenvalue weighted by Crippen LogP contribution is 2.21. The Hall–Kier alpha value is -0.950. The average molecular weight is 312 g/mol. The standard InChI is InChI=1S/C15H24N2O3S/c1-2-15(17-11-12-6-8-20-9-7-12)13-4-3-5-14(10-13)21(16,18)19/h3-5,10,12,15,17H,2,6-9,11H2,1H3,(H2,16,18,19)/t15-/m0/s1. The van der Waals surface area contributed by atoms with E-state index in [0.29, 0.717) is 5.92 Å². The van der Waals surface area contributed by atoms with Crippen molar-refractivity contribution < 1.29 is 13.2 Å². The molecule has 2 rings (SSSR count). The van der Waals surface area contributed by atoms with Crippen LogP contribution in [0.4, 0.5) is 0 Å². The van der Waals surface area contributed by atoms with Crippen LogP contribution in [-0.2, 0) is 14.8 Å². The summed E-state index contributed by atoms with van der Waals surface area (Å²) in [5.41, 5.74) is 0.969. The summed E-state index contributed by atoms with van der Waals surface area (Å²) in [6.45, 7) is 4.70. The third-order valence-electron chi connectivity index (χ3n) is 3.99. The van der Waals surface area contributed by atoms with E-state index in [0.717, 1.165) is 44.6 Å². The SMILES string of the molecule is CC[C@H](NCC1CCOCC1)c1cccc(S(N)(=O)=O)c1. The number of nitrogens with two attached hydrogens (primary N) is 1. The van der Waals surface area contributed by atoms with Crippen molar-refractivity contribution in [2.75, 3.05) is 19.8 Å². The molecule has 0 aliphatic carbocycles. The summed E-state index contributed by atoms with van der Waals surface area (Å²) < 4.78 is 28.3. The first kappa shape index (κ1) is 16.4. The smallest absolute Gasteiger partial charge is 0.238 e. The molecule has 1 aliphatic rings. The summed E-state index contributed by atoms with van der Waals surface area (Å²) in [5, 5.41) is 8.74. The molecule has 0 unspecified atom stereocenters. The Morgan fingerprint density at radius 1 is 1.38 bits per heavy atom. The number of ether oxygens (including phenoxy) is 1. The number of nitrogens with one attached hydrogen (secondary N) is 1. The number of benzene rings is 1. The highest BCUT2D eigenvalue weighted by atomic mass is 32.2. The molecule has 0 aromatic heterocycles. The van der Waals surface area contributed by atoms with Crippen LogP contribution in [0, 0.1) is 5.92 Å². The molecule has 0 spiro atoms. The molecule has 0 radical (unpaired) electrons. The number of primary sulfonamides is 1. The van der Waals surface area contributed by atoms with Crippen molar-refractivity contribution in [2.24, 2.45) is 11.1 Å². The maximum absolute atomic E-state index is 11.4. The second kappa shape index (κ2) is 7.35. The minimum atomic E-state index is -3.65. The summed E-state index contributed by atoms with van der Waals surface area (Å²) in [4.78, 5) is 0.173. The molecule has 1 aliphatic heterocycles. The van der Waals surface area contributed by atoms with Gasteiger partial charge in [-0.3, -0.25) is 0 Å². The van der Waals surface area contributed by atoms with E-state index < -0.39 is 10.0 Å². The number of hydrogen-bond donors (Lipinski definition) is 2. The molecule has 21 heavy (non-hydrogen) atoms. The van der Waals surface area contributed by atoms with Gasteiger partial charge in [0.1, 0.15) is 0 Å². The van der Waals surface area contributed by atoms with Gasteiger partial charge in [0.15, 0.2) is 0 Å². The predicted molar refractivity (Wildman–Crippen MR) is 82.4 cm³/mol. The molecular formula is C15H24N2O3S. The van der Waals surface area contributed by atoms with Crippen LogP contribution in [0.25, 0.3) is 0 Å². The Bertz CT molecular complexity index is 554. The lowest BCUT2D eigenvalue weighted by Crippen LogP contribution is -2.30. The van der Waals surface area contributed by atoms with Crippen LogP contribution in [0.3, 0.4) is 0 Å². The molecule has 0 amide bonds. The third kappa shape index (κ3) is 4.78. The summed E-state index contributed by atoms with van der Waals surface area (Å²) in [5.74, 6) is 0.634. The maximum Gasteiger partial charge on any atom is 0.238 e. The van der Waals surface area contributed by atoms with Crippen molar-refractivity contribution in [3.8, 4) is 0 Å². The van der Waals surface area contributed by atoms with E-state index in [9.17, 15) is 8.42 Å². The number of sulfonamides is 1. The summed E-state index contributed by atoms with van der Waals surface area (Å²) in [6, 6.07) is 7.03. The van der Waals surface area contributed by atoms with Crippen molar-refractivity contribution in [1.29, 1.82) is 0 Å². The molecule has 3 N–H and O–H groups in total. The third-order valence-corrected chi connectivity index (χ3v) is 4.90. The van der Waals surface area contributed by atoms with E-state index >= 15 is 0 Å². The lowest BCUT2D eigenvalue weighted by atomic mass is 9.98. The largest absolute Gasteiger partial charge is 0.381 e. The minimum absolute atomic E-state index is 0.148. The Morgan fingerprint density at radius 2 is 2.10 bits per heavy atom. The zero-order valence-corrected chi connectivity index (χ0v) is 13.2. The molecule has 1 fully saturated rings. The zero-order valence-electron chi connectivity index (χ0n) is 12.4. The van der Waals surface area contributed by atoms with Gasteiger partial charge >= 0.3 is 0 Å². The van der Waals surface area contributed by atoms with Crippen LogP contribution in [-0.4, -0.2) is 28.2 Å². The van der Waals surface area contributed by atoms with Crippen LogP contribution < -0.4 is 10.5 Å². The van der Waals surface area contributed by atoms with Crippen molar-refractivity contribution in [3.05, 3.63) is 29.8 Å². The Kier molecular flexibility index (Phi) is 5.75. The molecule has 1 aromatic rings. The first-order chi connectivity index (χ1) is 10.0. The number of hydrogen-bond acceptors (Lipinski definition) is 4. The summed E-state index contributed by atoms with van der Waals surface area (Å²) in [7, 11) is -3.65. The second-order valence-electron chi connectivity index (χ2n) is 5.54. The zero-order chi connectivity index (χ0) is 15.3. The van der Waals surface area contributed by atoms with Crippen LogP contribution in [0.15, 0.2) is 29.2 Å². The quantitative estimate of drug-likeness (QED) is 0.839. The monoisotopic (exact) mass is 312 g/mol. The molecule has 1 saturated heterocycles. The average Bonchev–Trinajstić information content (AvgIpc) is 2.48. The summed E-state index contributed by atoms with van der Waals surface area (Å²) in [6.07, 6.45) is 3.07. The van der Waals surface area contributed by atoms with Crippen LogP contribution in [0.5, 0.6) is 0 Å². The lowest BCUT2D eigenvalue weighted by Gasteiger charge is -2.25. The van der Waals surface area contributed by atoms with Crippen LogP contribution >= 0.6 is 0 Å². The molecule has 1 atom stereocenters. The fourth-order valence-electron chi connectivity index (χ4n) is 2.67. The van der Waals surface area contributed by atoms with Crippen molar-refractivity contribution in [3.63, 3.8) is 0 Å². The van der Waals surface area contributed by atoms with Gasteiger partial charge in [0.05, 0.1) is 4.90 Å². The van der Waals surface area contributed by atoms with Gasteiger partial charge in [-0.15, -0.1) is 0 Å². The molecule has 0 saturated carbocycles. The van der Waals surface area contributed by atoms with Crippen molar-refractivity contribution in [2.45, 2.75) is 37.1 Å². The van der Waals surface area contributed by atoms with Crippen molar-refractivity contribution in [1.82, 2.24) is 5.32 Å². The van der Waals surface area contributed by atoms with Gasteiger partial charge in [0.2, 0.25) is 10.0 Å². The van der Waals surface area contributed by atoms with Crippen LogP contribution in [0.2, 0.25) is 0 Å². The number of rotatable bonds is 6. The molecular weight excluding hydrogens is 288 g/mol. The van der Waals surface area contributed by atoms with Gasteiger partial charge in [-0.2, -0.15) is 0 Å². The second-order valence-corrected chi connectivity index (χ2v) is 7.10. The molecule has 5 nitrogen and oxygen atoms in total. The van der Waals surface area contributed by atoms with Gasteiger partial charge in [-0.05, 0) is 49.4 Å². The van der Waals surface area contributed by atoms with Gasteiger partial charge in [-0.1, -0.05) is 19.1 Å². The van der Waals surface area contributed by atoms with Crippen molar-refractivity contribution >= 4 is 10.0 Å². The molecule has 118 valence electrons. The molecule has 6 heteroatoms. The topological polar surface area (TPSA) is 81.4 Å². The first-order valence-electron chi connectivity index (χ1n) is 7.44. The highest BCUT2D eigenvalue weighted by Gasteiger charge is 2.17. The predicted octanol–water partition coefficient (Wildman–Crippen LogP) is 1.80. The van der Waals surface area contributed by atoms with E-state index in [1.165, 1.54) is 6.07 Å². The minimum Gasteiger partial charge on any atom is -0.381 e. The molecule has 1 heterocycles. The highest BCUT2D eigenvalue weighted by molar-refractivity contribution is 7.89. The van der Waals surface area contributed by atoms with E-state index in [1.807, 2.05) is 6.07 Å². The fourth-order valence-corrected chi connectivity index (χ4v) is 3.23. The normalized spacial score (nSPS) is 18.6. The molecule has 0 bridgehead atoms. The Balaban J connectivity index is 2.03. The van der Waals surface area contributed by atoms with E-state index in [-0.39, 0.29) is 10.9 Å². The maximum atomic E-state index is 11.4. The van der Waals surface area contributed by atoms with Gasteiger partial charge in [0, 0.05) is 19.3 Å². The van der Waals surface area contributed by atoms with Gasteiger partial charge in [0.25, 0.3) is 0 Å².